The van der Waals surface area contributed by atoms with Gasteiger partial charge in [-0.25, -0.2) is 9.78 Å². The fourth-order valence-corrected chi connectivity index (χ4v) is 3.55. The first-order valence-electron chi connectivity index (χ1n) is 8.67. The van der Waals surface area contributed by atoms with Crippen LogP contribution in [0.5, 0.6) is 11.5 Å². The quantitative estimate of drug-likeness (QED) is 0.484. The molecule has 6 heteroatoms. The summed E-state index contributed by atoms with van der Waals surface area (Å²) in [6.45, 7) is 0.390. The maximum absolute atomic E-state index is 12.4. The molecular formula is C21H17NO4S. The molecular weight excluding hydrogens is 362 g/mol. The lowest BCUT2D eigenvalue weighted by molar-refractivity contribution is 0.0734. The van der Waals surface area contributed by atoms with Gasteiger partial charge in [0.25, 0.3) is 0 Å². The second-order valence-electron chi connectivity index (χ2n) is 6.28. The number of hydrogen-bond donors (Lipinski definition) is 0. The van der Waals surface area contributed by atoms with Gasteiger partial charge in [0, 0.05) is 17.4 Å². The zero-order chi connectivity index (χ0) is 18.6. The van der Waals surface area contributed by atoms with Crippen LogP contribution >= 0.6 is 11.3 Å². The number of ether oxygens (including phenoxy) is 2. The first kappa shape index (κ1) is 17.4. The second-order valence-corrected chi connectivity index (χ2v) is 7.00. The Morgan fingerprint density at radius 3 is 2.67 bits per heavy atom. The number of aryl methyl sites for hydroxylation is 1. The largest absolute Gasteiger partial charge is 0.487 e. The van der Waals surface area contributed by atoms with E-state index in [1.54, 1.807) is 48.0 Å². The van der Waals surface area contributed by atoms with Gasteiger partial charge < -0.3 is 9.47 Å². The highest BCUT2D eigenvalue weighted by molar-refractivity contribution is 7.07. The van der Waals surface area contributed by atoms with Crippen LogP contribution in [0.15, 0.2) is 53.4 Å². The molecule has 0 N–H and O–H groups in total. The molecule has 2 aromatic carbocycles. The van der Waals surface area contributed by atoms with Crippen LogP contribution in [-0.2, 0) is 13.0 Å². The van der Waals surface area contributed by atoms with Gasteiger partial charge in [-0.3, -0.25) is 4.79 Å². The van der Waals surface area contributed by atoms with Crippen LogP contribution in [0.4, 0.5) is 0 Å². The van der Waals surface area contributed by atoms with Crippen molar-refractivity contribution in [2.24, 2.45) is 0 Å². The summed E-state index contributed by atoms with van der Waals surface area (Å²) in [5.41, 5.74) is 4.75. The maximum Gasteiger partial charge on any atom is 0.343 e. The van der Waals surface area contributed by atoms with Crippen molar-refractivity contribution in [3.05, 3.63) is 75.7 Å². The molecule has 0 bridgehead atoms. The zero-order valence-electron chi connectivity index (χ0n) is 14.5. The van der Waals surface area contributed by atoms with Crippen molar-refractivity contribution in [1.29, 1.82) is 0 Å². The molecule has 1 aliphatic carbocycles. The normalized spacial score (nSPS) is 13.1. The van der Waals surface area contributed by atoms with Crippen molar-refractivity contribution >= 4 is 23.1 Å². The van der Waals surface area contributed by atoms with E-state index in [1.165, 1.54) is 11.3 Å². The third-order valence-electron chi connectivity index (χ3n) is 4.40. The van der Waals surface area contributed by atoms with Crippen LogP contribution in [0.1, 0.15) is 44.8 Å². The minimum atomic E-state index is -0.442. The number of aromatic nitrogens is 1. The highest BCUT2D eigenvalue weighted by atomic mass is 32.1. The Labute approximate surface area is 160 Å². The minimum absolute atomic E-state index is 0.155. The number of fused-ring (bicyclic) bond motifs is 1. The monoisotopic (exact) mass is 379 g/mol. The Morgan fingerprint density at radius 2 is 1.89 bits per heavy atom. The Hall–Kier alpha value is -2.99. The molecule has 3 aromatic rings. The average molecular weight is 379 g/mol. The predicted molar refractivity (Wildman–Crippen MR) is 102 cm³/mol. The van der Waals surface area contributed by atoms with Crippen LogP contribution in [-0.4, -0.2) is 16.7 Å². The van der Waals surface area contributed by atoms with Crippen molar-refractivity contribution in [1.82, 2.24) is 4.98 Å². The van der Waals surface area contributed by atoms with Gasteiger partial charge in [-0.2, -0.15) is 0 Å². The lowest BCUT2D eigenvalue weighted by Crippen LogP contribution is -2.12. The summed E-state index contributed by atoms with van der Waals surface area (Å²) in [4.78, 5) is 28.4. The first-order chi connectivity index (χ1) is 13.2. The van der Waals surface area contributed by atoms with Crippen LogP contribution < -0.4 is 9.47 Å². The number of ketones is 1. The van der Waals surface area contributed by atoms with E-state index in [1.807, 2.05) is 5.38 Å². The molecule has 0 aliphatic heterocycles. The van der Waals surface area contributed by atoms with Crippen molar-refractivity contribution < 1.29 is 19.1 Å². The lowest BCUT2D eigenvalue weighted by atomic mass is 9.90. The molecule has 0 atom stereocenters. The number of carbonyl (C=O) groups is 2. The minimum Gasteiger partial charge on any atom is -0.487 e. The van der Waals surface area contributed by atoms with Gasteiger partial charge >= 0.3 is 5.97 Å². The molecule has 0 amide bonds. The molecule has 27 heavy (non-hydrogen) atoms. The topological polar surface area (TPSA) is 65.5 Å². The lowest BCUT2D eigenvalue weighted by Gasteiger charge is -2.15. The molecule has 1 heterocycles. The number of Topliss-reactive ketones (excluding diaryl/α,β-unsaturated/α-hetero) is 1. The Kier molecular flexibility index (Phi) is 4.98. The second kappa shape index (κ2) is 7.72. The summed E-state index contributed by atoms with van der Waals surface area (Å²) < 4.78 is 11.1. The van der Waals surface area contributed by atoms with Gasteiger partial charge in [-0.1, -0.05) is 0 Å². The van der Waals surface area contributed by atoms with Crippen molar-refractivity contribution in [3.8, 4) is 11.5 Å². The number of carbonyl (C=O) groups excluding carboxylic acids is 2. The third kappa shape index (κ3) is 4.06. The van der Waals surface area contributed by atoms with Crippen LogP contribution in [0.3, 0.4) is 0 Å². The average Bonchev–Trinajstić information content (AvgIpc) is 3.20. The van der Waals surface area contributed by atoms with E-state index in [0.29, 0.717) is 30.1 Å². The van der Waals surface area contributed by atoms with Gasteiger partial charge in [0.2, 0.25) is 0 Å². The molecule has 0 unspecified atom stereocenters. The fraction of sp³-hybridized carbons (Fsp3) is 0.190. The molecule has 4 rings (SSSR count). The SMILES string of the molecule is O=C(Oc1ccc2c(c1)CCCC2=O)c1ccc(OCc2cscn2)cc1. The van der Waals surface area contributed by atoms with E-state index in [2.05, 4.69) is 4.98 Å². The summed E-state index contributed by atoms with van der Waals surface area (Å²) in [7, 11) is 0. The molecule has 0 fully saturated rings. The fourth-order valence-electron chi connectivity index (χ4n) is 3.01. The maximum atomic E-state index is 12.4. The number of nitrogens with zero attached hydrogens (tertiary/aromatic N) is 1. The number of benzene rings is 2. The van der Waals surface area contributed by atoms with Crippen molar-refractivity contribution in [3.63, 3.8) is 0 Å². The molecule has 5 nitrogen and oxygen atoms in total. The smallest absolute Gasteiger partial charge is 0.343 e. The highest BCUT2D eigenvalue weighted by Crippen LogP contribution is 2.26. The van der Waals surface area contributed by atoms with Crippen molar-refractivity contribution in [2.45, 2.75) is 25.9 Å². The predicted octanol–water partition coefficient (Wildman–Crippen LogP) is 4.46. The number of thiazole rings is 1. The molecule has 1 aliphatic rings. The van der Waals surface area contributed by atoms with E-state index < -0.39 is 5.97 Å². The number of rotatable bonds is 5. The summed E-state index contributed by atoms with van der Waals surface area (Å²) >= 11 is 1.52. The van der Waals surface area contributed by atoms with Gasteiger partial charge in [-0.15, -0.1) is 11.3 Å². The van der Waals surface area contributed by atoms with Gasteiger partial charge in [0.1, 0.15) is 18.1 Å². The van der Waals surface area contributed by atoms with E-state index in [9.17, 15) is 9.59 Å². The Balaban J connectivity index is 1.40. The molecule has 0 saturated carbocycles. The van der Waals surface area contributed by atoms with Gasteiger partial charge in [0.05, 0.1) is 16.8 Å². The Morgan fingerprint density at radius 1 is 1.07 bits per heavy atom. The van der Waals surface area contributed by atoms with Crippen molar-refractivity contribution in [2.75, 3.05) is 0 Å². The van der Waals surface area contributed by atoms with Crippen LogP contribution in [0.2, 0.25) is 0 Å². The van der Waals surface area contributed by atoms with Gasteiger partial charge in [0.15, 0.2) is 5.78 Å². The van der Waals surface area contributed by atoms with Gasteiger partial charge in [-0.05, 0) is 60.9 Å². The molecule has 1 aromatic heterocycles. The Bertz CT molecular complexity index is 964. The van der Waals surface area contributed by atoms with E-state index in [-0.39, 0.29) is 5.78 Å². The standard InChI is InChI=1S/C21H17NO4S/c23-20-3-1-2-15-10-18(8-9-19(15)20)26-21(24)14-4-6-17(7-5-14)25-11-16-12-27-13-22-16/h4-10,12-13H,1-3,11H2. The van der Waals surface area contributed by atoms with E-state index >= 15 is 0 Å². The summed E-state index contributed by atoms with van der Waals surface area (Å²) in [5, 5.41) is 1.93. The van der Waals surface area contributed by atoms with Crippen LogP contribution in [0.25, 0.3) is 0 Å². The molecule has 0 saturated heterocycles. The summed E-state index contributed by atoms with van der Waals surface area (Å²) in [6.07, 6.45) is 2.26. The van der Waals surface area contributed by atoms with Crippen LogP contribution in [0, 0.1) is 0 Å². The van der Waals surface area contributed by atoms with E-state index in [4.69, 9.17) is 9.47 Å². The number of hydrogen-bond acceptors (Lipinski definition) is 6. The molecule has 0 spiro atoms. The highest BCUT2D eigenvalue weighted by Gasteiger charge is 2.18. The summed E-state index contributed by atoms with van der Waals surface area (Å²) in [5.74, 6) is 0.828. The first-order valence-corrected chi connectivity index (χ1v) is 9.61. The third-order valence-corrected chi connectivity index (χ3v) is 5.03. The zero-order valence-corrected chi connectivity index (χ0v) is 15.3. The molecule has 0 radical (unpaired) electrons. The number of esters is 1. The molecule has 136 valence electrons. The van der Waals surface area contributed by atoms with E-state index in [0.717, 1.165) is 29.7 Å². The summed E-state index contributed by atoms with van der Waals surface area (Å²) in [6, 6.07) is 12.0.